The molecule has 3 nitrogen and oxygen atoms in total. The van der Waals surface area contributed by atoms with E-state index in [0.717, 1.165) is 31.8 Å². The van der Waals surface area contributed by atoms with Crippen LogP contribution in [-0.2, 0) is 0 Å². The molecule has 1 heterocycles. The maximum atomic E-state index is 11.9. The second-order valence-electron chi connectivity index (χ2n) is 4.90. The molecule has 0 unspecified atom stereocenters. The van der Waals surface area contributed by atoms with Crippen LogP contribution in [0, 0.1) is 5.92 Å². The molecule has 98 valence electrons. The Bertz CT molecular complexity index is 369. The Morgan fingerprint density at radius 1 is 1.28 bits per heavy atom. The first kappa shape index (κ1) is 12.9. The Morgan fingerprint density at radius 3 is 2.56 bits per heavy atom. The average molecular weight is 247 g/mol. The molecule has 0 radical (unpaired) electrons. The number of piperidine rings is 1. The monoisotopic (exact) mass is 247 g/mol. The van der Waals surface area contributed by atoms with Gasteiger partial charge in [-0.1, -0.05) is 38.0 Å². The van der Waals surface area contributed by atoms with Gasteiger partial charge in [-0.3, -0.25) is 0 Å². The van der Waals surface area contributed by atoms with Gasteiger partial charge in [0.2, 0.25) is 0 Å². The molecule has 0 aromatic heterocycles. The minimum absolute atomic E-state index is 0.212. The molecule has 18 heavy (non-hydrogen) atoms. The SMILES string of the molecule is CCCC1CCN(C(=O)Oc2ccccc2)CC1. The summed E-state index contributed by atoms with van der Waals surface area (Å²) in [6, 6.07) is 9.27. The van der Waals surface area contributed by atoms with Crippen LogP contribution in [-0.4, -0.2) is 24.1 Å². The molecular weight excluding hydrogens is 226 g/mol. The molecule has 1 aromatic rings. The molecule has 0 N–H and O–H groups in total. The molecule has 1 aliphatic rings. The van der Waals surface area contributed by atoms with E-state index in [2.05, 4.69) is 6.92 Å². The van der Waals surface area contributed by atoms with Crippen LogP contribution >= 0.6 is 0 Å². The lowest BCUT2D eigenvalue weighted by atomic mass is 9.93. The van der Waals surface area contributed by atoms with Crippen molar-refractivity contribution in [3.63, 3.8) is 0 Å². The van der Waals surface area contributed by atoms with Crippen LogP contribution in [0.2, 0.25) is 0 Å². The lowest BCUT2D eigenvalue weighted by Gasteiger charge is -2.31. The number of ether oxygens (including phenoxy) is 1. The largest absolute Gasteiger partial charge is 0.415 e. The third kappa shape index (κ3) is 3.49. The predicted molar refractivity (Wildman–Crippen MR) is 71.7 cm³/mol. The first-order chi connectivity index (χ1) is 8.79. The molecule has 0 saturated carbocycles. The van der Waals surface area contributed by atoms with Gasteiger partial charge in [0.1, 0.15) is 5.75 Å². The van der Waals surface area contributed by atoms with Gasteiger partial charge in [0, 0.05) is 13.1 Å². The first-order valence-electron chi connectivity index (χ1n) is 6.81. The quantitative estimate of drug-likeness (QED) is 0.815. The summed E-state index contributed by atoms with van der Waals surface area (Å²) in [6.07, 6.45) is 4.52. The number of amides is 1. The van der Waals surface area contributed by atoms with E-state index in [1.807, 2.05) is 35.2 Å². The molecule has 0 spiro atoms. The van der Waals surface area contributed by atoms with Crippen LogP contribution in [0.25, 0.3) is 0 Å². The number of hydrogen-bond acceptors (Lipinski definition) is 2. The summed E-state index contributed by atoms with van der Waals surface area (Å²) in [5, 5.41) is 0. The molecular formula is C15H21NO2. The van der Waals surface area contributed by atoms with Crippen molar-refractivity contribution in [1.82, 2.24) is 4.90 Å². The van der Waals surface area contributed by atoms with Crippen molar-refractivity contribution in [3.05, 3.63) is 30.3 Å². The summed E-state index contributed by atoms with van der Waals surface area (Å²) in [5.41, 5.74) is 0. The van der Waals surface area contributed by atoms with E-state index in [4.69, 9.17) is 4.74 Å². The fraction of sp³-hybridized carbons (Fsp3) is 0.533. The molecule has 0 aliphatic carbocycles. The highest BCUT2D eigenvalue weighted by Gasteiger charge is 2.23. The van der Waals surface area contributed by atoms with Gasteiger partial charge in [0.05, 0.1) is 0 Å². The average Bonchev–Trinajstić information content (AvgIpc) is 2.41. The van der Waals surface area contributed by atoms with Crippen molar-refractivity contribution in [1.29, 1.82) is 0 Å². The van der Waals surface area contributed by atoms with Crippen molar-refractivity contribution < 1.29 is 9.53 Å². The Kier molecular flexibility index (Phi) is 4.62. The fourth-order valence-electron chi connectivity index (χ4n) is 2.47. The number of benzene rings is 1. The summed E-state index contributed by atoms with van der Waals surface area (Å²) < 4.78 is 5.34. The highest BCUT2D eigenvalue weighted by atomic mass is 16.6. The highest BCUT2D eigenvalue weighted by Crippen LogP contribution is 2.22. The Labute approximate surface area is 109 Å². The van der Waals surface area contributed by atoms with Crippen molar-refractivity contribution in [3.8, 4) is 5.75 Å². The standard InChI is InChI=1S/C15H21NO2/c1-2-6-13-9-11-16(12-10-13)15(17)18-14-7-4-3-5-8-14/h3-5,7-8,13H,2,6,9-12H2,1H3. The molecule has 1 saturated heterocycles. The summed E-state index contributed by atoms with van der Waals surface area (Å²) in [7, 11) is 0. The lowest BCUT2D eigenvalue weighted by Crippen LogP contribution is -2.40. The maximum absolute atomic E-state index is 11.9. The number of carbonyl (C=O) groups is 1. The van der Waals surface area contributed by atoms with Crippen molar-refractivity contribution in [2.75, 3.05) is 13.1 Å². The summed E-state index contributed by atoms with van der Waals surface area (Å²) in [5.74, 6) is 1.41. The fourth-order valence-corrected chi connectivity index (χ4v) is 2.47. The van der Waals surface area contributed by atoms with E-state index >= 15 is 0 Å². The normalized spacial score (nSPS) is 16.6. The van der Waals surface area contributed by atoms with Crippen LogP contribution in [0.1, 0.15) is 32.6 Å². The van der Waals surface area contributed by atoms with Gasteiger partial charge >= 0.3 is 6.09 Å². The maximum Gasteiger partial charge on any atom is 0.415 e. The number of nitrogens with zero attached hydrogens (tertiary/aromatic N) is 1. The molecule has 0 bridgehead atoms. The van der Waals surface area contributed by atoms with E-state index in [-0.39, 0.29) is 6.09 Å². The van der Waals surface area contributed by atoms with Gasteiger partial charge in [0.25, 0.3) is 0 Å². The van der Waals surface area contributed by atoms with E-state index in [0.29, 0.717) is 5.75 Å². The van der Waals surface area contributed by atoms with Crippen molar-refractivity contribution in [2.24, 2.45) is 5.92 Å². The topological polar surface area (TPSA) is 29.5 Å². The minimum atomic E-state index is -0.212. The first-order valence-corrected chi connectivity index (χ1v) is 6.81. The smallest absolute Gasteiger partial charge is 0.410 e. The van der Waals surface area contributed by atoms with Gasteiger partial charge in [-0.25, -0.2) is 4.79 Å². The lowest BCUT2D eigenvalue weighted by molar-refractivity contribution is 0.129. The van der Waals surface area contributed by atoms with Crippen molar-refractivity contribution >= 4 is 6.09 Å². The van der Waals surface area contributed by atoms with Gasteiger partial charge in [-0.2, -0.15) is 0 Å². The molecule has 2 rings (SSSR count). The number of para-hydroxylation sites is 1. The van der Waals surface area contributed by atoms with Crippen LogP contribution < -0.4 is 4.74 Å². The molecule has 1 aromatic carbocycles. The Morgan fingerprint density at radius 2 is 1.94 bits per heavy atom. The summed E-state index contributed by atoms with van der Waals surface area (Å²) in [6.45, 7) is 3.88. The second kappa shape index (κ2) is 6.43. The van der Waals surface area contributed by atoms with Crippen LogP contribution in [0.15, 0.2) is 30.3 Å². The Balaban J connectivity index is 1.81. The van der Waals surface area contributed by atoms with E-state index < -0.39 is 0 Å². The third-order valence-corrected chi connectivity index (χ3v) is 3.52. The number of likely N-dealkylation sites (tertiary alicyclic amines) is 1. The van der Waals surface area contributed by atoms with Gasteiger partial charge in [0.15, 0.2) is 0 Å². The van der Waals surface area contributed by atoms with Gasteiger partial charge in [-0.05, 0) is 30.9 Å². The molecule has 1 fully saturated rings. The van der Waals surface area contributed by atoms with Gasteiger partial charge in [-0.15, -0.1) is 0 Å². The molecule has 1 aliphatic heterocycles. The summed E-state index contributed by atoms with van der Waals surface area (Å²) in [4.78, 5) is 13.8. The van der Waals surface area contributed by atoms with Crippen molar-refractivity contribution in [2.45, 2.75) is 32.6 Å². The van der Waals surface area contributed by atoms with Crippen LogP contribution in [0.4, 0.5) is 4.79 Å². The number of rotatable bonds is 3. The van der Waals surface area contributed by atoms with Crippen LogP contribution in [0.3, 0.4) is 0 Å². The Hall–Kier alpha value is -1.51. The zero-order valence-electron chi connectivity index (χ0n) is 11.0. The zero-order valence-corrected chi connectivity index (χ0v) is 11.0. The molecule has 0 atom stereocenters. The number of carbonyl (C=O) groups excluding carboxylic acids is 1. The second-order valence-corrected chi connectivity index (χ2v) is 4.90. The third-order valence-electron chi connectivity index (χ3n) is 3.52. The van der Waals surface area contributed by atoms with E-state index in [1.165, 1.54) is 12.8 Å². The highest BCUT2D eigenvalue weighted by molar-refractivity contribution is 5.70. The minimum Gasteiger partial charge on any atom is -0.410 e. The van der Waals surface area contributed by atoms with E-state index in [1.54, 1.807) is 0 Å². The van der Waals surface area contributed by atoms with Crippen LogP contribution in [0.5, 0.6) is 5.75 Å². The molecule has 1 amide bonds. The predicted octanol–water partition coefficient (Wildman–Crippen LogP) is 3.70. The zero-order chi connectivity index (χ0) is 12.8. The van der Waals surface area contributed by atoms with E-state index in [9.17, 15) is 4.79 Å². The number of hydrogen-bond donors (Lipinski definition) is 0. The molecule has 3 heteroatoms. The summed E-state index contributed by atoms with van der Waals surface area (Å²) >= 11 is 0. The van der Waals surface area contributed by atoms with Gasteiger partial charge < -0.3 is 9.64 Å².